The predicted octanol–water partition coefficient (Wildman–Crippen LogP) is 4.38. The second kappa shape index (κ2) is 5.74. The Labute approximate surface area is 120 Å². The van der Waals surface area contributed by atoms with Gasteiger partial charge in [-0.3, -0.25) is 4.79 Å². The molecule has 1 aliphatic carbocycles. The lowest BCUT2D eigenvalue weighted by atomic mass is 9.93. The topological polar surface area (TPSA) is 30.0 Å². The van der Waals surface area contributed by atoms with Crippen LogP contribution in [0.4, 0.5) is 0 Å². The van der Waals surface area contributed by atoms with Gasteiger partial charge < -0.3 is 0 Å². The zero-order valence-electron chi connectivity index (χ0n) is 12.5. The van der Waals surface area contributed by atoms with Crippen molar-refractivity contribution in [3.05, 3.63) is 16.1 Å². The molecule has 1 heterocycles. The fourth-order valence-electron chi connectivity index (χ4n) is 2.77. The maximum Gasteiger partial charge on any atom is 0.142 e. The van der Waals surface area contributed by atoms with Crippen LogP contribution in [0.25, 0.3) is 0 Å². The van der Waals surface area contributed by atoms with Crippen LogP contribution < -0.4 is 0 Å². The van der Waals surface area contributed by atoms with Gasteiger partial charge in [-0.1, -0.05) is 34.1 Å². The Morgan fingerprint density at radius 1 is 1.42 bits per heavy atom. The summed E-state index contributed by atoms with van der Waals surface area (Å²) in [7, 11) is 0. The molecule has 19 heavy (non-hydrogen) atoms. The molecule has 106 valence electrons. The molecule has 1 fully saturated rings. The molecule has 2 atom stereocenters. The molecule has 1 saturated carbocycles. The van der Waals surface area contributed by atoms with Crippen LogP contribution >= 0.6 is 11.3 Å². The molecule has 1 aromatic rings. The van der Waals surface area contributed by atoms with Crippen LogP contribution in [-0.2, 0) is 16.6 Å². The molecule has 0 N–H and O–H groups in total. The first-order valence-electron chi connectivity index (χ1n) is 7.37. The summed E-state index contributed by atoms with van der Waals surface area (Å²) in [6, 6.07) is 0. The molecule has 1 aromatic heterocycles. The van der Waals surface area contributed by atoms with Gasteiger partial charge in [0.1, 0.15) is 10.8 Å². The quantitative estimate of drug-likeness (QED) is 0.818. The molecular weight excluding hydrogens is 254 g/mol. The van der Waals surface area contributed by atoms with Crippen LogP contribution in [0.2, 0.25) is 0 Å². The van der Waals surface area contributed by atoms with E-state index in [0.29, 0.717) is 18.1 Å². The minimum atomic E-state index is 0.0818. The largest absolute Gasteiger partial charge is 0.299 e. The van der Waals surface area contributed by atoms with Gasteiger partial charge in [-0.05, 0) is 25.2 Å². The smallest absolute Gasteiger partial charge is 0.142 e. The summed E-state index contributed by atoms with van der Waals surface area (Å²) in [5.74, 6) is 1.48. The van der Waals surface area contributed by atoms with E-state index in [-0.39, 0.29) is 5.41 Å². The number of Topliss-reactive ketones (excluding diaryl/α,β-unsaturated/α-hetero) is 1. The molecule has 2 nitrogen and oxygen atoms in total. The van der Waals surface area contributed by atoms with Crippen LogP contribution in [0, 0.1) is 11.8 Å². The predicted molar refractivity (Wildman–Crippen MR) is 80.6 cm³/mol. The number of hydrogen-bond donors (Lipinski definition) is 0. The zero-order chi connectivity index (χ0) is 14.0. The lowest BCUT2D eigenvalue weighted by Crippen LogP contribution is -2.15. The molecular formula is C16H25NOS. The third-order valence-corrected chi connectivity index (χ3v) is 5.07. The van der Waals surface area contributed by atoms with Crippen LogP contribution in [0.5, 0.6) is 0 Å². The molecule has 1 aliphatic rings. The Morgan fingerprint density at radius 3 is 2.68 bits per heavy atom. The minimum absolute atomic E-state index is 0.0818. The number of ketones is 1. The summed E-state index contributed by atoms with van der Waals surface area (Å²) in [5, 5.41) is 3.10. The van der Waals surface area contributed by atoms with Gasteiger partial charge in [0.05, 0.1) is 12.1 Å². The van der Waals surface area contributed by atoms with E-state index >= 15 is 0 Å². The lowest BCUT2D eigenvalue weighted by Gasteiger charge is -2.14. The number of carbonyl (C=O) groups is 1. The van der Waals surface area contributed by atoms with E-state index in [0.717, 1.165) is 29.5 Å². The molecule has 2 rings (SSSR count). The standard InChI is InChI=1S/C16H25NOS/c1-5-11-6-7-12(8-11)13(18)9-15-17-14(10-19-15)16(2,3)4/h10-12H,5-9H2,1-4H3. The number of thiazole rings is 1. The van der Waals surface area contributed by atoms with Crippen molar-refractivity contribution >= 4 is 17.1 Å². The van der Waals surface area contributed by atoms with Gasteiger partial charge in [0.25, 0.3) is 0 Å². The minimum Gasteiger partial charge on any atom is -0.299 e. The summed E-state index contributed by atoms with van der Waals surface area (Å²) in [5.41, 5.74) is 1.19. The van der Waals surface area contributed by atoms with Gasteiger partial charge in [0, 0.05) is 16.7 Å². The molecule has 0 bridgehead atoms. The first kappa shape index (κ1) is 14.7. The SMILES string of the molecule is CCC1CCC(C(=O)Cc2nc(C(C)(C)C)cs2)C1. The Hall–Kier alpha value is -0.700. The van der Waals surface area contributed by atoms with E-state index in [1.807, 2.05) is 0 Å². The van der Waals surface area contributed by atoms with Crippen LogP contribution in [0.1, 0.15) is 64.1 Å². The van der Waals surface area contributed by atoms with E-state index in [1.165, 1.54) is 12.8 Å². The molecule has 0 aliphatic heterocycles. The monoisotopic (exact) mass is 279 g/mol. The van der Waals surface area contributed by atoms with E-state index < -0.39 is 0 Å². The molecule has 0 saturated heterocycles. The third kappa shape index (κ3) is 3.65. The van der Waals surface area contributed by atoms with Crippen molar-refractivity contribution in [3.8, 4) is 0 Å². The van der Waals surface area contributed by atoms with Crippen LogP contribution in [0.3, 0.4) is 0 Å². The zero-order valence-corrected chi connectivity index (χ0v) is 13.3. The average Bonchev–Trinajstić information content (AvgIpc) is 2.95. The number of rotatable bonds is 4. The van der Waals surface area contributed by atoms with Crippen molar-refractivity contribution in [2.24, 2.45) is 11.8 Å². The van der Waals surface area contributed by atoms with Gasteiger partial charge >= 0.3 is 0 Å². The summed E-state index contributed by atoms with van der Waals surface area (Å²) in [6.45, 7) is 8.72. The molecule has 0 amide bonds. The second-order valence-electron chi connectivity index (χ2n) is 6.80. The molecule has 0 aromatic carbocycles. The van der Waals surface area contributed by atoms with Crippen molar-refractivity contribution in [1.29, 1.82) is 0 Å². The second-order valence-corrected chi connectivity index (χ2v) is 7.75. The van der Waals surface area contributed by atoms with Crippen molar-refractivity contribution in [3.63, 3.8) is 0 Å². The number of nitrogens with zero attached hydrogens (tertiary/aromatic N) is 1. The van der Waals surface area contributed by atoms with Crippen molar-refractivity contribution in [2.75, 3.05) is 0 Å². The highest BCUT2D eigenvalue weighted by atomic mass is 32.1. The summed E-state index contributed by atoms with van der Waals surface area (Å²) in [4.78, 5) is 16.9. The highest BCUT2D eigenvalue weighted by Gasteiger charge is 2.29. The summed E-state index contributed by atoms with van der Waals surface area (Å²) in [6.07, 6.45) is 5.19. The highest BCUT2D eigenvalue weighted by Crippen LogP contribution is 2.34. The molecule has 0 radical (unpaired) electrons. The van der Waals surface area contributed by atoms with Gasteiger partial charge in [-0.25, -0.2) is 4.98 Å². The van der Waals surface area contributed by atoms with Gasteiger partial charge in [-0.2, -0.15) is 0 Å². The number of aromatic nitrogens is 1. The Balaban J connectivity index is 1.94. The Morgan fingerprint density at radius 2 is 2.16 bits per heavy atom. The fraction of sp³-hybridized carbons (Fsp3) is 0.750. The number of carbonyl (C=O) groups excluding carboxylic acids is 1. The lowest BCUT2D eigenvalue weighted by molar-refractivity contribution is -0.122. The molecule has 2 unspecified atom stereocenters. The van der Waals surface area contributed by atoms with E-state index in [9.17, 15) is 4.79 Å². The Bertz CT molecular complexity index is 444. The van der Waals surface area contributed by atoms with Gasteiger partial charge in [-0.15, -0.1) is 11.3 Å². The maximum atomic E-state index is 12.3. The van der Waals surface area contributed by atoms with Crippen molar-refractivity contribution in [1.82, 2.24) is 4.98 Å². The van der Waals surface area contributed by atoms with Crippen molar-refractivity contribution in [2.45, 2.75) is 65.2 Å². The normalized spacial score (nSPS) is 23.8. The summed E-state index contributed by atoms with van der Waals surface area (Å²) < 4.78 is 0. The molecule has 0 spiro atoms. The van der Waals surface area contributed by atoms with Crippen molar-refractivity contribution < 1.29 is 4.79 Å². The fourth-order valence-corrected chi connectivity index (χ4v) is 3.80. The number of hydrogen-bond acceptors (Lipinski definition) is 3. The highest BCUT2D eigenvalue weighted by molar-refractivity contribution is 7.09. The molecule has 3 heteroatoms. The van der Waals surface area contributed by atoms with Crippen LogP contribution in [0.15, 0.2) is 5.38 Å². The third-order valence-electron chi connectivity index (χ3n) is 4.22. The van der Waals surface area contributed by atoms with E-state index in [4.69, 9.17) is 0 Å². The van der Waals surface area contributed by atoms with Gasteiger partial charge in [0.15, 0.2) is 0 Å². The first-order valence-corrected chi connectivity index (χ1v) is 8.25. The maximum absolute atomic E-state index is 12.3. The average molecular weight is 279 g/mol. The van der Waals surface area contributed by atoms with Crippen LogP contribution in [-0.4, -0.2) is 10.8 Å². The van der Waals surface area contributed by atoms with Gasteiger partial charge in [0.2, 0.25) is 0 Å². The Kier molecular flexibility index (Phi) is 4.44. The first-order chi connectivity index (χ1) is 8.90. The van der Waals surface area contributed by atoms with E-state index in [2.05, 4.69) is 38.1 Å². The summed E-state index contributed by atoms with van der Waals surface area (Å²) >= 11 is 1.64. The van der Waals surface area contributed by atoms with E-state index in [1.54, 1.807) is 11.3 Å².